The number of carbonyl (C=O) groups excluding carboxylic acids is 1. The Morgan fingerprint density at radius 2 is 2.04 bits per heavy atom. The van der Waals surface area contributed by atoms with Crippen molar-refractivity contribution < 1.29 is 17.9 Å². The third kappa shape index (κ3) is 4.24. The van der Waals surface area contributed by atoms with Crippen LogP contribution < -0.4 is 0 Å². The van der Waals surface area contributed by atoms with E-state index in [-0.39, 0.29) is 10.1 Å². The Labute approximate surface area is 153 Å². The van der Waals surface area contributed by atoms with Crippen LogP contribution in [0.3, 0.4) is 0 Å². The van der Waals surface area contributed by atoms with Crippen LogP contribution in [0.25, 0.3) is 0 Å². The van der Waals surface area contributed by atoms with Gasteiger partial charge < -0.3 is 9.64 Å². The van der Waals surface area contributed by atoms with E-state index in [4.69, 9.17) is 4.74 Å². The summed E-state index contributed by atoms with van der Waals surface area (Å²) < 4.78 is 32.7. The second-order valence-electron chi connectivity index (χ2n) is 7.12. The Morgan fingerprint density at radius 3 is 2.68 bits per heavy atom. The normalized spacial score (nSPS) is 23.0. The molecule has 1 unspecified atom stereocenters. The second kappa shape index (κ2) is 7.73. The number of thiophene rings is 1. The molecule has 3 heterocycles. The molecule has 0 N–H and O–H groups in total. The molecule has 0 radical (unpaired) electrons. The number of piperidine rings is 1. The molecule has 1 atom stereocenters. The molecule has 0 saturated carbocycles. The van der Waals surface area contributed by atoms with Crippen molar-refractivity contribution in [2.24, 2.45) is 11.8 Å². The van der Waals surface area contributed by atoms with Crippen LogP contribution >= 0.6 is 11.3 Å². The van der Waals surface area contributed by atoms with Crippen molar-refractivity contribution in [3.63, 3.8) is 0 Å². The quantitative estimate of drug-likeness (QED) is 0.779. The minimum atomic E-state index is -3.49. The van der Waals surface area contributed by atoms with Gasteiger partial charge in [-0.05, 0) is 37.3 Å². The fourth-order valence-corrected chi connectivity index (χ4v) is 6.24. The fourth-order valence-electron chi connectivity index (χ4n) is 3.31. The average molecular weight is 387 g/mol. The van der Waals surface area contributed by atoms with Gasteiger partial charge in [0.1, 0.15) is 4.21 Å². The average Bonchev–Trinajstić information content (AvgIpc) is 3.26. The summed E-state index contributed by atoms with van der Waals surface area (Å²) in [5.74, 6) is 0.818. The third-order valence-electron chi connectivity index (χ3n) is 5.03. The zero-order valence-corrected chi connectivity index (χ0v) is 16.4. The van der Waals surface area contributed by atoms with Crippen LogP contribution in [0.2, 0.25) is 0 Å². The number of hydrogen-bond donors (Lipinski definition) is 0. The molecule has 25 heavy (non-hydrogen) atoms. The van der Waals surface area contributed by atoms with Crippen LogP contribution in [0.5, 0.6) is 0 Å². The molecule has 0 aromatic carbocycles. The van der Waals surface area contributed by atoms with Crippen LogP contribution in [0.15, 0.2) is 16.3 Å². The fraction of sp³-hybridized carbons (Fsp3) is 0.706. The summed E-state index contributed by atoms with van der Waals surface area (Å²) in [7, 11) is -1.72. The van der Waals surface area contributed by atoms with E-state index in [1.54, 1.807) is 28.4 Å². The van der Waals surface area contributed by atoms with Crippen LogP contribution in [-0.2, 0) is 14.8 Å². The summed E-state index contributed by atoms with van der Waals surface area (Å²) in [6, 6.07) is 3.20. The second-order valence-corrected chi connectivity index (χ2v) is 10.4. The van der Waals surface area contributed by atoms with Gasteiger partial charge in [-0.2, -0.15) is 4.31 Å². The molecule has 1 aromatic rings. The Hall–Kier alpha value is -0.960. The predicted molar refractivity (Wildman–Crippen MR) is 97.4 cm³/mol. The summed E-state index contributed by atoms with van der Waals surface area (Å²) in [5, 5.41) is 0. The highest BCUT2D eigenvalue weighted by Crippen LogP contribution is 2.29. The van der Waals surface area contributed by atoms with E-state index in [1.165, 1.54) is 0 Å². The van der Waals surface area contributed by atoms with Crippen molar-refractivity contribution in [2.75, 3.05) is 39.9 Å². The lowest BCUT2D eigenvalue weighted by Gasteiger charge is -2.28. The van der Waals surface area contributed by atoms with Gasteiger partial charge in [-0.15, -0.1) is 11.3 Å². The lowest BCUT2D eigenvalue weighted by molar-refractivity contribution is 0.0771. The van der Waals surface area contributed by atoms with Crippen LogP contribution in [-0.4, -0.2) is 63.4 Å². The molecular formula is C17H26N2O4S2. The first-order valence-electron chi connectivity index (χ1n) is 8.81. The molecule has 0 aliphatic carbocycles. The van der Waals surface area contributed by atoms with Crippen molar-refractivity contribution in [2.45, 2.75) is 30.4 Å². The van der Waals surface area contributed by atoms with Crippen molar-refractivity contribution in [3.8, 4) is 0 Å². The van der Waals surface area contributed by atoms with Gasteiger partial charge in [0, 0.05) is 39.2 Å². The highest BCUT2D eigenvalue weighted by atomic mass is 32.2. The zero-order chi connectivity index (χ0) is 18.0. The maximum atomic E-state index is 12.8. The first-order valence-corrected chi connectivity index (χ1v) is 11.1. The largest absolute Gasteiger partial charge is 0.381 e. The topological polar surface area (TPSA) is 66.9 Å². The Bertz CT molecular complexity index is 702. The molecule has 2 saturated heterocycles. The number of rotatable bonds is 5. The van der Waals surface area contributed by atoms with E-state index in [0.29, 0.717) is 43.0 Å². The summed E-state index contributed by atoms with van der Waals surface area (Å²) in [6.45, 7) is 5.36. The number of nitrogens with zero attached hydrogens (tertiary/aromatic N) is 2. The molecule has 140 valence electrons. The minimum absolute atomic E-state index is 0.120. The van der Waals surface area contributed by atoms with Gasteiger partial charge in [-0.25, -0.2) is 8.42 Å². The number of hydrogen-bond acceptors (Lipinski definition) is 5. The van der Waals surface area contributed by atoms with E-state index < -0.39 is 10.0 Å². The summed E-state index contributed by atoms with van der Waals surface area (Å²) >= 11 is 1.08. The molecule has 1 aromatic heterocycles. The molecule has 2 fully saturated rings. The molecule has 1 amide bonds. The maximum Gasteiger partial charge on any atom is 0.263 e. The van der Waals surface area contributed by atoms with Gasteiger partial charge in [-0.1, -0.05) is 6.92 Å². The van der Waals surface area contributed by atoms with Crippen molar-refractivity contribution in [1.29, 1.82) is 0 Å². The first kappa shape index (κ1) is 18.8. The summed E-state index contributed by atoms with van der Waals surface area (Å²) in [6.07, 6.45) is 2.75. The predicted octanol–water partition coefficient (Wildman–Crippen LogP) is 2.28. The number of amides is 1. The smallest absolute Gasteiger partial charge is 0.263 e. The van der Waals surface area contributed by atoms with Gasteiger partial charge in [0.25, 0.3) is 15.9 Å². The monoisotopic (exact) mass is 386 g/mol. The molecule has 8 heteroatoms. The lowest BCUT2D eigenvalue weighted by atomic mass is 10.0. The Kier molecular flexibility index (Phi) is 5.82. The zero-order valence-electron chi connectivity index (χ0n) is 14.8. The number of carbonyl (C=O) groups is 1. The highest BCUT2D eigenvalue weighted by molar-refractivity contribution is 7.91. The molecule has 0 bridgehead atoms. The Balaban J connectivity index is 1.67. The molecule has 2 aliphatic rings. The standard InChI is InChI=1S/C17H26N2O4S2/c1-13-5-8-19(9-6-13)25(21,22)16-4-3-15(24-16)17(20)18(2)11-14-7-10-23-12-14/h3-4,13-14H,5-12H2,1-2H3. The molecule has 3 rings (SSSR count). The van der Waals surface area contributed by atoms with Crippen LogP contribution in [0.4, 0.5) is 0 Å². The van der Waals surface area contributed by atoms with E-state index in [0.717, 1.165) is 37.2 Å². The first-order chi connectivity index (χ1) is 11.9. The van der Waals surface area contributed by atoms with E-state index in [9.17, 15) is 13.2 Å². The van der Waals surface area contributed by atoms with Crippen LogP contribution in [0.1, 0.15) is 35.9 Å². The Morgan fingerprint density at radius 1 is 1.32 bits per heavy atom. The van der Waals surface area contributed by atoms with Gasteiger partial charge >= 0.3 is 0 Å². The molecule has 0 spiro atoms. The molecular weight excluding hydrogens is 360 g/mol. The third-order valence-corrected chi connectivity index (χ3v) is 8.47. The van der Waals surface area contributed by atoms with Gasteiger partial charge in [0.05, 0.1) is 11.5 Å². The van der Waals surface area contributed by atoms with Crippen molar-refractivity contribution in [1.82, 2.24) is 9.21 Å². The SMILES string of the molecule is CC1CCN(S(=O)(=O)c2ccc(C(=O)N(C)CC3CCOC3)s2)CC1. The van der Waals surface area contributed by atoms with Gasteiger partial charge in [0.2, 0.25) is 0 Å². The van der Waals surface area contributed by atoms with E-state index in [1.807, 2.05) is 0 Å². The molecule has 6 nitrogen and oxygen atoms in total. The van der Waals surface area contributed by atoms with E-state index in [2.05, 4.69) is 6.92 Å². The number of sulfonamides is 1. The maximum absolute atomic E-state index is 12.8. The van der Waals surface area contributed by atoms with Crippen LogP contribution in [0, 0.1) is 11.8 Å². The minimum Gasteiger partial charge on any atom is -0.381 e. The summed E-state index contributed by atoms with van der Waals surface area (Å²) in [4.78, 5) is 14.7. The highest BCUT2D eigenvalue weighted by Gasteiger charge is 2.30. The van der Waals surface area contributed by atoms with Crippen molar-refractivity contribution in [3.05, 3.63) is 17.0 Å². The van der Waals surface area contributed by atoms with E-state index >= 15 is 0 Å². The van der Waals surface area contributed by atoms with Crippen molar-refractivity contribution >= 4 is 27.3 Å². The lowest BCUT2D eigenvalue weighted by Crippen LogP contribution is -2.37. The summed E-state index contributed by atoms with van der Waals surface area (Å²) in [5.41, 5.74) is 0. The molecule has 2 aliphatic heterocycles. The van der Waals surface area contributed by atoms with Gasteiger partial charge in [0.15, 0.2) is 0 Å². The van der Waals surface area contributed by atoms with Gasteiger partial charge in [-0.3, -0.25) is 4.79 Å². The number of ether oxygens (including phenoxy) is 1.